The van der Waals surface area contributed by atoms with Crippen LogP contribution in [0.1, 0.15) is 36.9 Å². The third-order valence-corrected chi connectivity index (χ3v) is 7.77. The summed E-state index contributed by atoms with van der Waals surface area (Å²) >= 11 is 3.64. The van der Waals surface area contributed by atoms with Crippen LogP contribution in [0.3, 0.4) is 0 Å². The molecule has 0 spiro atoms. The average Bonchev–Trinajstić information content (AvgIpc) is 3.48. The zero-order valence-corrected chi connectivity index (χ0v) is 20.7. The molecule has 1 aliphatic carbocycles. The van der Waals surface area contributed by atoms with Gasteiger partial charge in [-0.25, -0.2) is 4.98 Å². The monoisotopic (exact) mass is 503 g/mol. The Bertz CT molecular complexity index is 1380. The minimum atomic E-state index is 0.230. The van der Waals surface area contributed by atoms with E-state index >= 15 is 0 Å². The molecule has 1 aliphatic heterocycles. The van der Waals surface area contributed by atoms with Crippen molar-refractivity contribution >= 4 is 38.2 Å². The molecule has 4 aromatic rings. The molecule has 6 rings (SSSR count). The van der Waals surface area contributed by atoms with Gasteiger partial charge in [0.25, 0.3) is 0 Å². The second kappa shape index (κ2) is 8.03. The lowest BCUT2D eigenvalue weighted by Crippen LogP contribution is -2.41. The van der Waals surface area contributed by atoms with Gasteiger partial charge in [-0.1, -0.05) is 22.5 Å². The number of fused-ring (bicyclic) bond motifs is 2. The Kier molecular flexibility index (Phi) is 5.11. The van der Waals surface area contributed by atoms with Crippen LogP contribution in [0.15, 0.2) is 53.6 Å². The predicted molar refractivity (Wildman–Crippen MR) is 139 cm³/mol. The van der Waals surface area contributed by atoms with E-state index in [1.807, 2.05) is 0 Å². The fraction of sp³-hybridized carbons (Fsp3) is 0.370. The van der Waals surface area contributed by atoms with Crippen LogP contribution in [-0.4, -0.2) is 38.0 Å². The summed E-state index contributed by atoms with van der Waals surface area (Å²) < 4.78 is 5.78. The van der Waals surface area contributed by atoms with E-state index < -0.39 is 0 Å². The first-order chi connectivity index (χ1) is 16.0. The smallest absolute Gasteiger partial charge is 0.138 e. The molecule has 0 amide bonds. The summed E-state index contributed by atoms with van der Waals surface area (Å²) in [5.41, 5.74) is 14.1. The number of hydrogen-bond acceptors (Lipinski definition) is 3. The molecule has 33 heavy (non-hydrogen) atoms. The molecule has 2 N–H and O–H groups in total. The zero-order chi connectivity index (χ0) is 22.7. The third kappa shape index (κ3) is 3.79. The molecule has 1 saturated heterocycles. The summed E-state index contributed by atoms with van der Waals surface area (Å²) in [5, 5.41) is 1.26. The Balaban J connectivity index is 1.42. The van der Waals surface area contributed by atoms with Crippen LogP contribution < -0.4 is 5.73 Å². The molecule has 6 heteroatoms. The van der Waals surface area contributed by atoms with Crippen molar-refractivity contribution in [1.29, 1.82) is 0 Å². The molecule has 4 heterocycles. The summed E-state index contributed by atoms with van der Waals surface area (Å²) in [6.45, 7) is 9.52. The normalized spacial score (nSPS) is 19.0. The van der Waals surface area contributed by atoms with Crippen molar-refractivity contribution in [2.45, 2.75) is 45.2 Å². The average molecular weight is 504 g/mol. The van der Waals surface area contributed by atoms with E-state index in [1.165, 1.54) is 35.1 Å². The maximum Gasteiger partial charge on any atom is 0.138 e. The molecule has 1 unspecified atom stereocenters. The van der Waals surface area contributed by atoms with Gasteiger partial charge in [0.05, 0.1) is 5.69 Å². The molecule has 170 valence electrons. The largest absolute Gasteiger partial charge is 0.370 e. The lowest BCUT2D eigenvalue weighted by Gasteiger charge is -2.34. The number of nitrogens with zero attached hydrogens (tertiary/aromatic N) is 4. The molecule has 2 aliphatic rings. The van der Waals surface area contributed by atoms with E-state index in [0.29, 0.717) is 0 Å². The van der Waals surface area contributed by atoms with Crippen molar-refractivity contribution in [2.75, 3.05) is 13.1 Å². The van der Waals surface area contributed by atoms with Gasteiger partial charge in [0, 0.05) is 64.2 Å². The van der Waals surface area contributed by atoms with Gasteiger partial charge >= 0.3 is 0 Å². The number of aryl methyl sites for hydroxylation is 1. The minimum absolute atomic E-state index is 0.230. The molecular formula is C27H30BrN5. The van der Waals surface area contributed by atoms with E-state index in [1.54, 1.807) is 0 Å². The second-order valence-corrected chi connectivity index (χ2v) is 10.7. The quantitative estimate of drug-likeness (QED) is 0.372. The number of rotatable bonds is 5. The first-order valence-corrected chi connectivity index (χ1v) is 12.7. The number of aromatic nitrogens is 3. The number of piperidine rings is 1. The molecule has 0 bridgehead atoms. The van der Waals surface area contributed by atoms with Crippen molar-refractivity contribution in [3.63, 3.8) is 0 Å². The topological polar surface area (TPSA) is 51.5 Å². The van der Waals surface area contributed by atoms with Crippen LogP contribution in [0.2, 0.25) is 0 Å². The SMILES string of the molecule is C=C(c1ccn2c(C)c(-c3cc4cc(Br)ccc4n3CC3CC3)nc2c1)N1CCCC(N)C1. The summed E-state index contributed by atoms with van der Waals surface area (Å²) in [7, 11) is 0. The molecule has 5 nitrogen and oxygen atoms in total. The fourth-order valence-corrected chi connectivity index (χ4v) is 5.60. The molecule has 0 radical (unpaired) electrons. The fourth-order valence-electron chi connectivity index (χ4n) is 5.22. The summed E-state index contributed by atoms with van der Waals surface area (Å²) in [4.78, 5) is 7.46. The van der Waals surface area contributed by atoms with Gasteiger partial charge in [-0.05, 0) is 74.9 Å². The highest BCUT2D eigenvalue weighted by atomic mass is 79.9. The van der Waals surface area contributed by atoms with E-state index in [-0.39, 0.29) is 6.04 Å². The summed E-state index contributed by atoms with van der Waals surface area (Å²) in [6.07, 6.45) is 7.00. The zero-order valence-electron chi connectivity index (χ0n) is 19.1. The second-order valence-electron chi connectivity index (χ2n) is 9.77. The Morgan fingerprint density at radius 3 is 2.82 bits per heavy atom. The van der Waals surface area contributed by atoms with E-state index in [2.05, 4.69) is 85.9 Å². The molecule has 1 saturated carbocycles. The highest BCUT2D eigenvalue weighted by molar-refractivity contribution is 9.10. The predicted octanol–water partition coefficient (Wildman–Crippen LogP) is 5.83. The molecule has 3 aromatic heterocycles. The van der Waals surface area contributed by atoms with Gasteiger partial charge in [0.15, 0.2) is 0 Å². The van der Waals surface area contributed by atoms with Crippen LogP contribution in [0.5, 0.6) is 0 Å². The van der Waals surface area contributed by atoms with Gasteiger partial charge in [-0.3, -0.25) is 0 Å². The molecule has 2 fully saturated rings. The van der Waals surface area contributed by atoms with E-state index in [9.17, 15) is 0 Å². The number of benzene rings is 1. The summed E-state index contributed by atoms with van der Waals surface area (Å²) in [6, 6.07) is 13.4. The van der Waals surface area contributed by atoms with Crippen LogP contribution in [0.25, 0.3) is 33.6 Å². The number of likely N-dealkylation sites (tertiary alicyclic amines) is 1. The van der Waals surface area contributed by atoms with Crippen LogP contribution >= 0.6 is 15.9 Å². The molecule has 1 atom stereocenters. The molecular weight excluding hydrogens is 474 g/mol. The highest BCUT2D eigenvalue weighted by Gasteiger charge is 2.26. The number of pyridine rings is 1. The van der Waals surface area contributed by atoms with Crippen molar-refractivity contribution in [3.8, 4) is 11.4 Å². The van der Waals surface area contributed by atoms with Crippen molar-refractivity contribution in [2.24, 2.45) is 11.7 Å². The maximum atomic E-state index is 6.21. The van der Waals surface area contributed by atoms with Gasteiger partial charge in [-0.2, -0.15) is 0 Å². The number of hydrogen-bond donors (Lipinski definition) is 1. The standard InChI is InChI=1S/C27H30BrN5/c1-17(31-10-3-4-23(29)16-31)20-9-11-32-18(2)27(30-26(32)14-20)25-13-21-12-22(28)7-8-24(21)33(25)15-19-5-6-19/h7-9,11-14,19,23H,1,3-6,10,15-16,29H2,2H3. The first-order valence-electron chi connectivity index (χ1n) is 12.0. The summed E-state index contributed by atoms with van der Waals surface area (Å²) in [5.74, 6) is 0.783. The van der Waals surface area contributed by atoms with Gasteiger partial charge in [0.2, 0.25) is 0 Å². The van der Waals surface area contributed by atoms with E-state index in [0.717, 1.165) is 65.5 Å². The van der Waals surface area contributed by atoms with Crippen LogP contribution in [0, 0.1) is 12.8 Å². The van der Waals surface area contributed by atoms with Gasteiger partial charge < -0.3 is 19.6 Å². The van der Waals surface area contributed by atoms with Gasteiger partial charge in [0.1, 0.15) is 11.3 Å². The first kappa shape index (κ1) is 21.0. The van der Waals surface area contributed by atoms with Crippen molar-refractivity contribution in [3.05, 3.63) is 64.9 Å². The van der Waals surface area contributed by atoms with Crippen LogP contribution in [-0.2, 0) is 6.54 Å². The van der Waals surface area contributed by atoms with Crippen LogP contribution in [0.4, 0.5) is 0 Å². The third-order valence-electron chi connectivity index (χ3n) is 7.28. The number of nitrogens with two attached hydrogens (primary N) is 1. The Labute approximate surface area is 203 Å². The van der Waals surface area contributed by atoms with Gasteiger partial charge in [-0.15, -0.1) is 0 Å². The number of imidazole rings is 1. The van der Waals surface area contributed by atoms with Crippen molar-refractivity contribution < 1.29 is 0 Å². The van der Waals surface area contributed by atoms with Crippen molar-refractivity contribution in [1.82, 2.24) is 18.9 Å². The Morgan fingerprint density at radius 1 is 1.18 bits per heavy atom. The van der Waals surface area contributed by atoms with E-state index in [4.69, 9.17) is 10.7 Å². The minimum Gasteiger partial charge on any atom is -0.370 e. The Morgan fingerprint density at radius 2 is 2.03 bits per heavy atom. The number of halogens is 1. The lowest BCUT2D eigenvalue weighted by atomic mass is 10.0. The highest BCUT2D eigenvalue weighted by Crippen LogP contribution is 2.37. The maximum absolute atomic E-state index is 6.21. The lowest BCUT2D eigenvalue weighted by molar-refractivity contribution is 0.296. The Hall–Kier alpha value is -2.57. The molecule has 1 aromatic carbocycles.